The number of hydrogen-bond donors (Lipinski definition) is 0. The number of anilines is 4. The van der Waals surface area contributed by atoms with Crippen LogP contribution in [0.25, 0.3) is 11.1 Å². The maximum atomic E-state index is 8.55. The van der Waals surface area contributed by atoms with E-state index in [9.17, 15) is 0 Å². The fraction of sp³-hybridized carbons (Fsp3) is 0.364. The molecule has 4 heterocycles. The van der Waals surface area contributed by atoms with Crippen molar-refractivity contribution in [3.8, 4) is 22.6 Å². The van der Waals surface area contributed by atoms with Crippen LogP contribution in [-0.2, 0) is 44.7 Å². The van der Waals surface area contributed by atoms with Gasteiger partial charge in [0.1, 0.15) is 11.6 Å². The Morgan fingerprint density at radius 1 is 0.780 bits per heavy atom. The van der Waals surface area contributed by atoms with Crippen LogP contribution in [0.1, 0.15) is 94.6 Å². The Hall–Kier alpha value is -3.95. The molecular weight excluding hydrogens is 796 g/mol. The molecule has 0 unspecified atom stereocenters. The second kappa shape index (κ2) is 14.0. The summed E-state index contributed by atoms with van der Waals surface area (Å²) < 4.78 is 48.2. The Labute approximate surface area is 320 Å². The first-order chi connectivity index (χ1) is 25.5. The van der Waals surface area contributed by atoms with Gasteiger partial charge in [-0.05, 0) is 71.9 Å². The van der Waals surface area contributed by atoms with E-state index in [2.05, 4.69) is 87.7 Å². The number of hydrogen-bond acceptors (Lipinski definition) is 5. The molecule has 0 spiro atoms. The number of aryl methyl sites for hydroxylation is 1. The van der Waals surface area contributed by atoms with Gasteiger partial charge in [-0.15, -0.1) is 41.0 Å². The molecule has 0 amide bonds. The topological polar surface area (TPSA) is 41.5 Å². The molecule has 0 radical (unpaired) electrons. The Bertz CT molecular complexity index is 2270. The van der Waals surface area contributed by atoms with Crippen molar-refractivity contribution in [2.45, 2.75) is 91.9 Å². The number of ether oxygens (including phenoxy) is 1. The number of rotatable bonds is 5. The number of nitrogens with zero attached hydrogens (tertiary/aromatic N) is 4. The summed E-state index contributed by atoms with van der Waals surface area (Å²) in [5, 5.41) is 0. The molecule has 0 bridgehead atoms. The van der Waals surface area contributed by atoms with E-state index in [0.717, 1.165) is 78.5 Å². The van der Waals surface area contributed by atoms with Crippen LogP contribution in [0.5, 0.6) is 11.5 Å². The van der Waals surface area contributed by atoms with Gasteiger partial charge in [0.2, 0.25) is 0 Å². The van der Waals surface area contributed by atoms with E-state index in [0.29, 0.717) is 17.1 Å². The molecule has 0 saturated heterocycles. The van der Waals surface area contributed by atoms with Crippen LogP contribution >= 0.6 is 0 Å². The molecule has 260 valence electrons. The summed E-state index contributed by atoms with van der Waals surface area (Å²) in [6.45, 7) is 18.9. The molecule has 2 aromatic heterocycles. The van der Waals surface area contributed by atoms with E-state index < -0.39 is 6.04 Å². The molecule has 3 aromatic carbocycles. The number of fused-ring (bicyclic) bond motifs is 2. The molecule has 6 heteroatoms. The van der Waals surface area contributed by atoms with Gasteiger partial charge in [-0.25, -0.2) is 9.97 Å². The Balaban J connectivity index is 0.00000514. The van der Waals surface area contributed by atoms with Gasteiger partial charge in [-0.3, -0.25) is 0 Å². The summed E-state index contributed by atoms with van der Waals surface area (Å²) in [4.78, 5) is 14.1. The summed E-state index contributed by atoms with van der Waals surface area (Å²) in [7, 11) is 0. The Morgan fingerprint density at radius 2 is 1.50 bits per heavy atom. The molecule has 5 aromatic rings. The molecule has 0 atom stereocenters. The molecule has 2 aliphatic heterocycles. The van der Waals surface area contributed by atoms with Crippen molar-refractivity contribution >= 4 is 23.0 Å². The van der Waals surface area contributed by atoms with Gasteiger partial charge in [0.25, 0.3) is 0 Å². The van der Waals surface area contributed by atoms with Gasteiger partial charge < -0.3 is 14.5 Å². The van der Waals surface area contributed by atoms with Crippen LogP contribution in [0.4, 0.5) is 23.0 Å². The van der Waals surface area contributed by atoms with Gasteiger partial charge in [0.05, 0.1) is 6.85 Å². The van der Waals surface area contributed by atoms with Crippen molar-refractivity contribution < 1.29 is 32.7 Å². The number of pyridine rings is 2. The van der Waals surface area contributed by atoms with E-state index in [-0.39, 0.29) is 61.6 Å². The minimum atomic E-state index is -0.408. The first kappa shape index (κ1) is 29.7. The van der Waals surface area contributed by atoms with Gasteiger partial charge in [0, 0.05) is 42.5 Å². The summed E-state index contributed by atoms with van der Waals surface area (Å²) >= 11 is 0. The van der Waals surface area contributed by atoms with Crippen LogP contribution in [0.3, 0.4) is 0 Å². The average molecular weight is 849 g/mol. The predicted molar refractivity (Wildman–Crippen MR) is 202 cm³/mol. The van der Waals surface area contributed by atoms with Crippen LogP contribution < -0.4 is 14.5 Å². The largest absolute Gasteiger partial charge is 2.00 e. The minimum Gasteiger partial charge on any atom is -0.509 e. The average Bonchev–Trinajstić information content (AvgIpc) is 3.13. The zero-order chi connectivity index (χ0) is 38.9. The molecule has 0 aliphatic carbocycles. The second-order valence-corrected chi connectivity index (χ2v) is 15.3. The van der Waals surface area contributed by atoms with Crippen LogP contribution in [0, 0.1) is 26.0 Å². The molecule has 50 heavy (non-hydrogen) atoms. The van der Waals surface area contributed by atoms with Crippen LogP contribution in [0.2, 0.25) is 0 Å². The predicted octanol–water partition coefficient (Wildman–Crippen LogP) is 10.9. The fourth-order valence-electron chi connectivity index (χ4n) is 7.03. The molecule has 0 fully saturated rings. The van der Waals surface area contributed by atoms with Gasteiger partial charge in [0.15, 0.2) is 0 Å². The van der Waals surface area contributed by atoms with Crippen molar-refractivity contribution in [2.75, 3.05) is 22.9 Å². The summed E-state index contributed by atoms with van der Waals surface area (Å²) in [5.74, 6) is 2.87. The van der Waals surface area contributed by atoms with E-state index in [1.165, 1.54) is 16.7 Å². The summed E-state index contributed by atoms with van der Waals surface area (Å²) in [5.41, 5.74) is 9.04. The Kier molecular flexibility index (Phi) is 8.32. The van der Waals surface area contributed by atoms with Crippen LogP contribution in [-0.4, -0.2) is 23.1 Å². The van der Waals surface area contributed by atoms with Crippen molar-refractivity contribution in [1.82, 2.24) is 9.97 Å². The number of aromatic nitrogens is 2. The van der Waals surface area contributed by atoms with Crippen molar-refractivity contribution in [3.63, 3.8) is 0 Å². The van der Waals surface area contributed by atoms with Crippen LogP contribution in [0.15, 0.2) is 72.9 Å². The normalized spacial score (nSPS) is 15.9. The fourth-order valence-corrected chi connectivity index (χ4v) is 7.03. The van der Waals surface area contributed by atoms with Crippen molar-refractivity contribution in [1.29, 1.82) is 0 Å². The summed E-state index contributed by atoms with van der Waals surface area (Å²) in [6.07, 6.45) is 7.36. The van der Waals surface area contributed by atoms with E-state index in [1.54, 1.807) is 6.20 Å². The smallest absolute Gasteiger partial charge is 0.509 e. The number of benzene rings is 3. The van der Waals surface area contributed by atoms with Crippen molar-refractivity contribution in [2.24, 2.45) is 0 Å². The van der Waals surface area contributed by atoms with E-state index in [4.69, 9.17) is 21.6 Å². The van der Waals surface area contributed by atoms with Crippen molar-refractivity contribution in [3.05, 3.63) is 118 Å². The second-order valence-electron chi connectivity index (χ2n) is 15.3. The van der Waals surface area contributed by atoms with Gasteiger partial charge >= 0.3 is 21.1 Å². The molecular formula is C44H48N4OPt. The summed E-state index contributed by atoms with van der Waals surface area (Å²) in [6, 6.07) is 16.2. The maximum Gasteiger partial charge on any atom is 2.00 e. The minimum absolute atomic E-state index is 0. The standard InChI is InChI=1S/C44H48N4O.Pt/c1-29-30(2)42(46-28-37(29)31-14-10-9-11-15-31)48-23-12-16-32-18-19-34(26-39(32)48)49-35-25-38(44(6,7)8)36-17-13-22-47(40(36)27-35)41-24-33(20-21-45-41)43(3,4)5;/h9-11,14-15,18-21,24-25,28H,12-13,16-17,22-23H2,1-8H3;/q-2;+2/i9D,10D,11D,14D,15D;. The first-order valence-electron chi connectivity index (χ1n) is 19.8. The molecule has 2 aliphatic rings. The zero-order valence-corrected chi connectivity index (χ0v) is 32.6. The molecule has 7 rings (SSSR count). The quantitative estimate of drug-likeness (QED) is 0.165. The first-order valence-corrected chi connectivity index (χ1v) is 17.3. The van der Waals surface area contributed by atoms with E-state index in [1.807, 2.05) is 26.1 Å². The molecule has 0 N–H and O–H groups in total. The third kappa shape index (κ3) is 6.99. The maximum absolute atomic E-state index is 8.55. The van der Waals surface area contributed by atoms with Gasteiger partial charge in [-0.1, -0.05) is 96.0 Å². The SMILES string of the molecule is [2H]c1c([2H])c([2H])c(-c2cnc(N3CCCc4ccc(Oc5[c-]c6c(c(C(C)(C)C)c5)CCCN6c5cc(C(C)(C)C)ccn5)[c-]c43)c(C)c2C)c([2H])c1[2H].[Pt+2]. The third-order valence-electron chi connectivity index (χ3n) is 9.84. The molecule has 5 nitrogen and oxygen atoms in total. The molecule has 0 saturated carbocycles. The van der Waals surface area contributed by atoms with E-state index >= 15 is 0 Å². The van der Waals surface area contributed by atoms with Gasteiger partial charge in [-0.2, -0.15) is 6.07 Å². The monoisotopic (exact) mass is 848 g/mol. The zero-order valence-electron chi connectivity index (χ0n) is 35.3. The third-order valence-corrected chi connectivity index (χ3v) is 9.84. The Morgan fingerprint density at radius 3 is 2.24 bits per heavy atom.